The lowest BCUT2D eigenvalue weighted by Gasteiger charge is -2.14. The summed E-state index contributed by atoms with van der Waals surface area (Å²) >= 11 is 0. The van der Waals surface area contributed by atoms with Crippen LogP contribution in [-0.2, 0) is 0 Å². The number of nitrogens with one attached hydrogen (secondary N) is 1. The van der Waals surface area contributed by atoms with Crippen molar-refractivity contribution in [1.82, 2.24) is 15.1 Å². The average molecular weight is 341 g/mol. The number of hydrogen-bond donors (Lipinski definition) is 1. The predicted octanol–water partition coefficient (Wildman–Crippen LogP) is 4.02. The van der Waals surface area contributed by atoms with Crippen molar-refractivity contribution >= 4 is 5.91 Å². The molecule has 0 saturated heterocycles. The van der Waals surface area contributed by atoms with Gasteiger partial charge in [0.05, 0.1) is 29.7 Å². The molecule has 25 heavy (non-hydrogen) atoms. The van der Waals surface area contributed by atoms with E-state index in [9.17, 15) is 4.79 Å². The standard InChI is InChI=1S/C20H27N3O2/c1-12(2)19-17(20(24)21-13(3)4)18(14-6-7-14)22-23(19)15-8-10-16(25-5)11-9-15/h8-14H,6-7H2,1-5H3,(H,21,24). The van der Waals surface area contributed by atoms with Crippen LogP contribution in [0, 0.1) is 0 Å². The number of carbonyl (C=O) groups is 1. The SMILES string of the molecule is COc1ccc(-n2nc(C3CC3)c(C(=O)NC(C)C)c2C(C)C)cc1. The molecule has 1 heterocycles. The van der Waals surface area contributed by atoms with Crippen molar-refractivity contribution in [2.24, 2.45) is 0 Å². The lowest BCUT2D eigenvalue weighted by Crippen LogP contribution is -2.31. The van der Waals surface area contributed by atoms with Gasteiger partial charge < -0.3 is 10.1 Å². The predicted molar refractivity (Wildman–Crippen MR) is 98.8 cm³/mol. The Morgan fingerprint density at radius 3 is 2.32 bits per heavy atom. The molecule has 5 nitrogen and oxygen atoms in total. The van der Waals surface area contributed by atoms with Gasteiger partial charge in [-0.15, -0.1) is 0 Å². The summed E-state index contributed by atoms with van der Waals surface area (Å²) in [5.74, 6) is 1.39. The van der Waals surface area contributed by atoms with Crippen LogP contribution in [0.5, 0.6) is 5.75 Å². The Kier molecular flexibility index (Phi) is 4.84. The molecule has 3 rings (SSSR count). The molecular formula is C20H27N3O2. The Hall–Kier alpha value is -2.30. The van der Waals surface area contributed by atoms with E-state index in [-0.39, 0.29) is 17.9 Å². The highest BCUT2D eigenvalue weighted by Crippen LogP contribution is 2.43. The molecule has 1 aliphatic rings. The van der Waals surface area contributed by atoms with Gasteiger partial charge in [0.1, 0.15) is 5.75 Å². The molecule has 1 aromatic carbocycles. The molecule has 0 spiro atoms. The second kappa shape index (κ2) is 6.90. The van der Waals surface area contributed by atoms with Crippen molar-refractivity contribution in [1.29, 1.82) is 0 Å². The van der Waals surface area contributed by atoms with Gasteiger partial charge in [-0.25, -0.2) is 4.68 Å². The Balaban J connectivity index is 2.13. The summed E-state index contributed by atoms with van der Waals surface area (Å²) in [5, 5.41) is 7.91. The molecular weight excluding hydrogens is 314 g/mol. The number of ether oxygens (including phenoxy) is 1. The fourth-order valence-corrected chi connectivity index (χ4v) is 3.11. The number of carbonyl (C=O) groups excluding carboxylic acids is 1. The first kappa shape index (κ1) is 17.5. The number of rotatable bonds is 6. The second-order valence-electron chi connectivity index (χ2n) is 7.31. The summed E-state index contributed by atoms with van der Waals surface area (Å²) in [4.78, 5) is 12.9. The number of benzene rings is 1. The van der Waals surface area contributed by atoms with E-state index in [1.54, 1.807) is 7.11 Å². The lowest BCUT2D eigenvalue weighted by molar-refractivity contribution is 0.0940. The molecule has 134 valence electrons. The minimum absolute atomic E-state index is 0.0136. The van der Waals surface area contributed by atoms with Gasteiger partial charge in [-0.3, -0.25) is 4.79 Å². The average Bonchev–Trinajstić information content (AvgIpc) is 3.33. The third kappa shape index (κ3) is 3.55. The zero-order chi connectivity index (χ0) is 18.1. The molecule has 1 aliphatic carbocycles. The zero-order valence-corrected chi connectivity index (χ0v) is 15.7. The highest BCUT2D eigenvalue weighted by molar-refractivity contribution is 5.97. The van der Waals surface area contributed by atoms with E-state index in [0.29, 0.717) is 5.92 Å². The molecule has 0 atom stereocenters. The maximum atomic E-state index is 12.9. The molecule has 0 aliphatic heterocycles. The van der Waals surface area contributed by atoms with Gasteiger partial charge in [0.15, 0.2) is 0 Å². The molecule has 1 N–H and O–H groups in total. The van der Waals surface area contributed by atoms with Crippen LogP contribution in [-0.4, -0.2) is 28.8 Å². The van der Waals surface area contributed by atoms with Crippen molar-refractivity contribution in [3.8, 4) is 11.4 Å². The summed E-state index contributed by atoms with van der Waals surface area (Å²) in [6.45, 7) is 8.19. The first-order chi connectivity index (χ1) is 11.9. The molecule has 5 heteroatoms. The largest absolute Gasteiger partial charge is 0.497 e. The maximum absolute atomic E-state index is 12.9. The van der Waals surface area contributed by atoms with Gasteiger partial charge in [-0.2, -0.15) is 5.10 Å². The number of nitrogens with zero attached hydrogens (tertiary/aromatic N) is 2. The number of aromatic nitrogens is 2. The van der Waals surface area contributed by atoms with Gasteiger partial charge in [-0.1, -0.05) is 13.8 Å². The molecule has 0 bridgehead atoms. The Morgan fingerprint density at radius 1 is 1.20 bits per heavy atom. The van der Waals surface area contributed by atoms with Crippen molar-refractivity contribution in [3.05, 3.63) is 41.2 Å². The quantitative estimate of drug-likeness (QED) is 0.863. The van der Waals surface area contributed by atoms with Crippen molar-refractivity contribution in [2.45, 2.75) is 58.4 Å². The van der Waals surface area contributed by atoms with Crippen LogP contribution >= 0.6 is 0 Å². The molecule has 0 unspecified atom stereocenters. The van der Waals surface area contributed by atoms with E-state index in [1.807, 2.05) is 42.8 Å². The summed E-state index contributed by atoms with van der Waals surface area (Å²) in [5.41, 5.74) is 3.64. The van der Waals surface area contributed by atoms with E-state index < -0.39 is 0 Å². The number of amides is 1. The monoisotopic (exact) mass is 341 g/mol. The number of methoxy groups -OCH3 is 1. The third-order valence-electron chi connectivity index (χ3n) is 4.42. The molecule has 1 fully saturated rings. The minimum Gasteiger partial charge on any atom is -0.497 e. The van der Waals surface area contributed by atoms with Gasteiger partial charge in [0.2, 0.25) is 0 Å². The van der Waals surface area contributed by atoms with E-state index in [2.05, 4.69) is 19.2 Å². The van der Waals surface area contributed by atoms with Crippen LogP contribution in [0.2, 0.25) is 0 Å². The van der Waals surface area contributed by atoms with Crippen LogP contribution in [0.25, 0.3) is 5.69 Å². The van der Waals surface area contributed by atoms with Crippen molar-refractivity contribution in [2.75, 3.05) is 7.11 Å². The second-order valence-corrected chi connectivity index (χ2v) is 7.31. The first-order valence-corrected chi connectivity index (χ1v) is 9.00. The molecule has 0 radical (unpaired) electrons. The van der Waals surface area contributed by atoms with Gasteiger partial charge in [0, 0.05) is 12.0 Å². The third-order valence-corrected chi connectivity index (χ3v) is 4.42. The van der Waals surface area contributed by atoms with Crippen LogP contribution in [0.4, 0.5) is 0 Å². The van der Waals surface area contributed by atoms with Gasteiger partial charge in [-0.05, 0) is 56.9 Å². The molecule has 1 aromatic heterocycles. The van der Waals surface area contributed by atoms with Gasteiger partial charge in [0.25, 0.3) is 5.91 Å². The lowest BCUT2D eigenvalue weighted by atomic mass is 10.0. The van der Waals surface area contributed by atoms with Crippen molar-refractivity contribution in [3.63, 3.8) is 0 Å². The molecule has 2 aromatic rings. The normalized spacial score (nSPS) is 14.2. The van der Waals surface area contributed by atoms with E-state index in [1.165, 1.54) is 0 Å². The number of hydrogen-bond acceptors (Lipinski definition) is 3. The Morgan fingerprint density at radius 2 is 1.84 bits per heavy atom. The fourth-order valence-electron chi connectivity index (χ4n) is 3.11. The summed E-state index contributed by atoms with van der Waals surface area (Å²) in [6, 6.07) is 7.91. The Bertz CT molecular complexity index is 756. The van der Waals surface area contributed by atoms with E-state index in [0.717, 1.165) is 41.2 Å². The summed E-state index contributed by atoms with van der Waals surface area (Å²) in [7, 11) is 1.65. The molecule has 1 saturated carbocycles. The van der Waals surface area contributed by atoms with E-state index >= 15 is 0 Å². The molecule has 1 amide bonds. The highest BCUT2D eigenvalue weighted by atomic mass is 16.5. The summed E-state index contributed by atoms with van der Waals surface area (Å²) < 4.78 is 7.19. The topological polar surface area (TPSA) is 56.2 Å². The van der Waals surface area contributed by atoms with E-state index in [4.69, 9.17) is 9.84 Å². The summed E-state index contributed by atoms with van der Waals surface area (Å²) in [6.07, 6.45) is 2.22. The first-order valence-electron chi connectivity index (χ1n) is 9.00. The van der Waals surface area contributed by atoms with Crippen LogP contribution in [0.3, 0.4) is 0 Å². The maximum Gasteiger partial charge on any atom is 0.255 e. The Labute approximate surface area is 149 Å². The van der Waals surface area contributed by atoms with Crippen molar-refractivity contribution < 1.29 is 9.53 Å². The highest BCUT2D eigenvalue weighted by Gasteiger charge is 2.35. The van der Waals surface area contributed by atoms with Crippen LogP contribution in [0.1, 0.15) is 74.1 Å². The zero-order valence-electron chi connectivity index (χ0n) is 15.7. The van der Waals surface area contributed by atoms with Crippen LogP contribution in [0.15, 0.2) is 24.3 Å². The smallest absolute Gasteiger partial charge is 0.255 e. The minimum atomic E-state index is -0.0136. The van der Waals surface area contributed by atoms with Crippen LogP contribution < -0.4 is 10.1 Å². The van der Waals surface area contributed by atoms with Gasteiger partial charge >= 0.3 is 0 Å². The fraction of sp³-hybridized carbons (Fsp3) is 0.500.